The molecule has 0 radical (unpaired) electrons. The molecule has 1 N–H and O–H groups in total. The van der Waals surface area contributed by atoms with Gasteiger partial charge < -0.3 is 14.6 Å². The molecule has 2 aromatic rings. The van der Waals surface area contributed by atoms with Crippen LogP contribution in [0, 0.1) is 0 Å². The van der Waals surface area contributed by atoms with Crippen molar-refractivity contribution < 1.29 is 9.26 Å². The number of benzene rings is 1. The van der Waals surface area contributed by atoms with Crippen molar-refractivity contribution in [2.24, 2.45) is 0 Å². The van der Waals surface area contributed by atoms with Crippen molar-refractivity contribution in [3.05, 3.63) is 35.2 Å². The maximum atomic E-state index is 5.66. The molecule has 0 saturated heterocycles. The van der Waals surface area contributed by atoms with Crippen molar-refractivity contribution in [3.8, 4) is 11.5 Å². The zero-order valence-corrected chi connectivity index (χ0v) is 12.8. The molecule has 0 fully saturated rings. The molecule has 112 valence electrons. The largest absolute Gasteiger partial charge is 0.368 e. The minimum atomic E-state index is -0.535. The summed E-state index contributed by atoms with van der Waals surface area (Å²) >= 11 is 0. The lowest BCUT2D eigenvalue weighted by Crippen LogP contribution is -2.23. The first-order valence-corrected chi connectivity index (χ1v) is 7.41. The fourth-order valence-corrected chi connectivity index (χ4v) is 2.62. The van der Waals surface area contributed by atoms with Gasteiger partial charge >= 0.3 is 0 Å². The van der Waals surface area contributed by atoms with E-state index in [-0.39, 0.29) is 0 Å². The Morgan fingerprint density at radius 2 is 2.19 bits per heavy atom. The normalized spacial score (nSPS) is 15.0. The molecular formula is C16H21N3O2. The van der Waals surface area contributed by atoms with Crippen molar-refractivity contribution >= 4 is 0 Å². The van der Waals surface area contributed by atoms with Crippen LogP contribution < -0.4 is 5.32 Å². The smallest absolute Gasteiger partial charge is 0.258 e. The van der Waals surface area contributed by atoms with E-state index in [9.17, 15) is 0 Å². The number of hydrogen-bond donors (Lipinski definition) is 1. The van der Waals surface area contributed by atoms with Gasteiger partial charge in [-0.3, -0.25) is 0 Å². The molecule has 5 nitrogen and oxygen atoms in total. The molecule has 0 aliphatic carbocycles. The molecule has 1 aromatic heterocycles. The Morgan fingerprint density at radius 1 is 1.33 bits per heavy atom. The number of fused-ring (bicyclic) bond motifs is 1. The maximum absolute atomic E-state index is 5.66. The molecule has 0 unspecified atom stereocenters. The van der Waals surface area contributed by atoms with Crippen LogP contribution in [-0.2, 0) is 23.3 Å². The summed E-state index contributed by atoms with van der Waals surface area (Å²) in [6.07, 6.45) is 1.07. The van der Waals surface area contributed by atoms with Gasteiger partial charge in [-0.05, 0) is 57.0 Å². The van der Waals surface area contributed by atoms with Gasteiger partial charge in [-0.25, -0.2) is 0 Å². The van der Waals surface area contributed by atoms with Gasteiger partial charge in [-0.2, -0.15) is 4.98 Å². The first-order chi connectivity index (χ1) is 10.1. The Kier molecular flexibility index (Phi) is 3.78. The van der Waals surface area contributed by atoms with Crippen LogP contribution >= 0.6 is 0 Å². The molecule has 5 heteroatoms. The zero-order valence-electron chi connectivity index (χ0n) is 12.8. The lowest BCUT2D eigenvalue weighted by molar-refractivity contribution is -0.0221. The first-order valence-electron chi connectivity index (χ1n) is 7.41. The van der Waals surface area contributed by atoms with E-state index < -0.39 is 5.60 Å². The molecule has 1 aromatic carbocycles. The Balaban J connectivity index is 1.89. The minimum Gasteiger partial charge on any atom is -0.368 e. The summed E-state index contributed by atoms with van der Waals surface area (Å²) in [5.74, 6) is 1.13. The molecule has 0 atom stereocenters. The predicted octanol–water partition coefficient (Wildman–Crippen LogP) is 2.65. The average Bonchev–Trinajstić information content (AvgIpc) is 2.97. The standard InChI is InChI=1S/C16H21N3O2/c1-4-20-16(2,3)15-18-14(21-19-15)12-6-5-11-7-8-17-10-13(11)9-12/h5-6,9,17H,4,7-8,10H2,1-3H3. The predicted molar refractivity (Wildman–Crippen MR) is 79.8 cm³/mol. The van der Waals surface area contributed by atoms with Crippen molar-refractivity contribution in [1.29, 1.82) is 0 Å². The van der Waals surface area contributed by atoms with Crippen LogP contribution in [0.1, 0.15) is 37.7 Å². The molecular weight excluding hydrogens is 266 g/mol. The van der Waals surface area contributed by atoms with E-state index in [2.05, 4.69) is 33.7 Å². The molecule has 3 rings (SSSR count). The lowest BCUT2D eigenvalue weighted by Gasteiger charge is -2.19. The third-order valence-electron chi connectivity index (χ3n) is 3.81. The van der Waals surface area contributed by atoms with Crippen LogP contribution in [0.2, 0.25) is 0 Å². The van der Waals surface area contributed by atoms with Crippen molar-refractivity contribution in [1.82, 2.24) is 15.5 Å². The maximum Gasteiger partial charge on any atom is 0.258 e. The van der Waals surface area contributed by atoms with Crippen LogP contribution in [-0.4, -0.2) is 23.3 Å². The Hall–Kier alpha value is -1.72. The quantitative estimate of drug-likeness (QED) is 0.936. The zero-order chi connectivity index (χ0) is 14.9. The van der Waals surface area contributed by atoms with E-state index in [4.69, 9.17) is 9.26 Å². The second kappa shape index (κ2) is 5.58. The monoisotopic (exact) mass is 287 g/mol. The molecule has 0 amide bonds. The van der Waals surface area contributed by atoms with E-state index in [1.165, 1.54) is 11.1 Å². The van der Waals surface area contributed by atoms with Crippen LogP contribution in [0.3, 0.4) is 0 Å². The highest BCUT2D eigenvalue weighted by atomic mass is 16.5. The van der Waals surface area contributed by atoms with E-state index in [0.29, 0.717) is 18.3 Å². The Bertz CT molecular complexity index is 634. The van der Waals surface area contributed by atoms with Gasteiger partial charge in [-0.1, -0.05) is 11.2 Å². The third-order valence-corrected chi connectivity index (χ3v) is 3.81. The fourth-order valence-electron chi connectivity index (χ4n) is 2.62. The second-order valence-electron chi connectivity index (χ2n) is 5.78. The molecule has 1 aliphatic heterocycles. The molecule has 0 saturated carbocycles. The Morgan fingerprint density at radius 3 is 3.00 bits per heavy atom. The summed E-state index contributed by atoms with van der Waals surface area (Å²) in [7, 11) is 0. The van der Waals surface area contributed by atoms with Crippen LogP contribution in [0.15, 0.2) is 22.7 Å². The van der Waals surface area contributed by atoms with Crippen molar-refractivity contribution in [3.63, 3.8) is 0 Å². The topological polar surface area (TPSA) is 60.2 Å². The summed E-state index contributed by atoms with van der Waals surface area (Å²) < 4.78 is 11.1. The van der Waals surface area contributed by atoms with E-state index in [1.807, 2.05) is 20.8 Å². The number of ether oxygens (including phenoxy) is 1. The summed E-state index contributed by atoms with van der Waals surface area (Å²) in [6.45, 7) is 8.40. The minimum absolute atomic E-state index is 0.535. The number of nitrogens with zero attached hydrogens (tertiary/aromatic N) is 2. The first kappa shape index (κ1) is 14.2. The van der Waals surface area contributed by atoms with Crippen LogP contribution in [0.25, 0.3) is 11.5 Å². The van der Waals surface area contributed by atoms with Crippen molar-refractivity contribution in [2.45, 2.75) is 39.3 Å². The van der Waals surface area contributed by atoms with Crippen LogP contribution in [0.5, 0.6) is 0 Å². The van der Waals surface area contributed by atoms with E-state index in [0.717, 1.165) is 25.1 Å². The summed E-state index contributed by atoms with van der Waals surface area (Å²) in [5.41, 5.74) is 3.13. The fraction of sp³-hybridized carbons (Fsp3) is 0.500. The molecule has 21 heavy (non-hydrogen) atoms. The number of hydrogen-bond acceptors (Lipinski definition) is 5. The van der Waals surface area contributed by atoms with Gasteiger partial charge in [0.1, 0.15) is 5.60 Å². The molecule has 0 bridgehead atoms. The highest BCUT2D eigenvalue weighted by Crippen LogP contribution is 2.27. The lowest BCUT2D eigenvalue weighted by atomic mass is 9.98. The third kappa shape index (κ3) is 2.84. The second-order valence-corrected chi connectivity index (χ2v) is 5.78. The molecule has 2 heterocycles. The molecule has 0 spiro atoms. The van der Waals surface area contributed by atoms with Gasteiger partial charge in [0.15, 0.2) is 0 Å². The summed E-state index contributed by atoms with van der Waals surface area (Å²) in [6, 6.07) is 6.34. The van der Waals surface area contributed by atoms with Gasteiger partial charge in [0.2, 0.25) is 5.82 Å². The van der Waals surface area contributed by atoms with Gasteiger partial charge in [0.05, 0.1) is 0 Å². The number of rotatable bonds is 4. The van der Waals surface area contributed by atoms with Gasteiger partial charge in [0.25, 0.3) is 5.89 Å². The van der Waals surface area contributed by atoms with E-state index >= 15 is 0 Å². The van der Waals surface area contributed by atoms with Gasteiger partial charge in [0, 0.05) is 18.7 Å². The molecule has 1 aliphatic rings. The SMILES string of the molecule is CCOC(C)(C)c1noc(-c2ccc3c(c2)CNCC3)n1. The highest BCUT2D eigenvalue weighted by Gasteiger charge is 2.27. The van der Waals surface area contributed by atoms with Gasteiger partial charge in [-0.15, -0.1) is 0 Å². The number of nitrogens with one attached hydrogen (secondary N) is 1. The highest BCUT2D eigenvalue weighted by molar-refractivity contribution is 5.56. The summed E-state index contributed by atoms with van der Waals surface area (Å²) in [4.78, 5) is 4.50. The summed E-state index contributed by atoms with van der Waals surface area (Å²) in [5, 5.41) is 7.45. The number of aromatic nitrogens is 2. The van der Waals surface area contributed by atoms with Crippen molar-refractivity contribution in [2.75, 3.05) is 13.2 Å². The van der Waals surface area contributed by atoms with Crippen LogP contribution in [0.4, 0.5) is 0 Å². The Labute approximate surface area is 124 Å². The van der Waals surface area contributed by atoms with E-state index in [1.54, 1.807) is 0 Å². The average molecular weight is 287 g/mol.